The van der Waals surface area contributed by atoms with Crippen LogP contribution >= 0.6 is 0 Å². The van der Waals surface area contributed by atoms with Gasteiger partial charge >= 0.3 is 5.69 Å². The van der Waals surface area contributed by atoms with Gasteiger partial charge in [-0.3, -0.25) is 19.1 Å². The van der Waals surface area contributed by atoms with E-state index in [0.717, 1.165) is 25.9 Å². The summed E-state index contributed by atoms with van der Waals surface area (Å²) >= 11 is 0. The van der Waals surface area contributed by atoms with Crippen LogP contribution in [0, 0.1) is 6.92 Å². The maximum absolute atomic E-state index is 13.2. The van der Waals surface area contributed by atoms with Gasteiger partial charge < -0.3 is 9.64 Å². The van der Waals surface area contributed by atoms with E-state index >= 15 is 0 Å². The van der Waals surface area contributed by atoms with Crippen LogP contribution < -0.4 is 11.2 Å². The van der Waals surface area contributed by atoms with E-state index in [0.29, 0.717) is 18.8 Å². The topological polar surface area (TPSA) is 97.3 Å². The lowest BCUT2D eigenvalue weighted by atomic mass is 10.1. The Labute approximate surface area is 150 Å². The van der Waals surface area contributed by atoms with Crippen molar-refractivity contribution in [1.82, 2.24) is 19.4 Å². The SMILES string of the molecule is CCN(C[C@H]1CCCCO1)C(=O)c1cc(C)nc2c1c(=O)[nH]c(=O)n2C. The second-order valence-electron chi connectivity index (χ2n) is 6.66. The Morgan fingerprint density at radius 3 is 2.85 bits per heavy atom. The summed E-state index contributed by atoms with van der Waals surface area (Å²) in [7, 11) is 1.52. The van der Waals surface area contributed by atoms with Gasteiger partial charge in [-0.1, -0.05) is 0 Å². The van der Waals surface area contributed by atoms with Gasteiger partial charge in [-0.15, -0.1) is 0 Å². The molecule has 2 aromatic heterocycles. The lowest BCUT2D eigenvalue weighted by molar-refractivity contribution is -0.00308. The minimum absolute atomic E-state index is 0.0180. The van der Waals surface area contributed by atoms with Gasteiger partial charge in [0.15, 0.2) is 0 Å². The summed E-state index contributed by atoms with van der Waals surface area (Å²) in [4.78, 5) is 45.6. The monoisotopic (exact) mass is 360 g/mol. The Kier molecular flexibility index (Phi) is 5.22. The van der Waals surface area contributed by atoms with Crippen LogP contribution in [0.2, 0.25) is 0 Å². The maximum atomic E-state index is 13.2. The summed E-state index contributed by atoms with van der Waals surface area (Å²) in [5.41, 5.74) is -0.0913. The van der Waals surface area contributed by atoms with Crippen molar-refractivity contribution in [2.24, 2.45) is 7.05 Å². The molecular weight excluding hydrogens is 336 g/mol. The van der Waals surface area contributed by atoms with Crippen LogP contribution in [-0.4, -0.2) is 51.1 Å². The number of rotatable bonds is 4. The summed E-state index contributed by atoms with van der Waals surface area (Å²) in [5, 5.41) is 0.144. The van der Waals surface area contributed by atoms with Crippen molar-refractivity contribution in [3.8, 4) is 0 Å². The molecule has 140 valence electrons. The third kappa shape index (κ3) is 3.41. The zero-order valence-electron chi connectivity index (χ0n) is 15.4. The number of likely N-dealkylation sites (N-methyl/N-ethyl adjacent to an activating group) is 1. The third-order valence-electron chi connectivity index (χ3n) is 4.80. The van der Waals surface area contributed by atoms with E-state index in [4.69, 9.17) is 4.74 Å². The molecule has 0 aromatic carbocycles. The minimum Gasteiger partial charge on any atom is -0.376 e. The number of hydrogen-bond donors (Lipinski definition) is 1. The van der Waals surface area contributed by atoms with Gasteiger partial charge in [0.05, 0.1) is 17.1 Å². The zero-order valence-corrected chi connectivity index (χ0v) is 15.4. The molecule has 2 aromatic rings. The van der Waals surface area contributed by atoms with Crippen LogP contribution in [0.15, 0.2) is 15.7 Å². The van der Waals surface area contributed by atoms with E-state index in [1.54, 1.807) is 17.9 Å². The van der Waals surface area contributed by atoms with Gasteiger partial charge in [0, 0.05) is 32.4 Å². The van der Waals surface area contributed by atoms with Crippen LogP contribution in [0.4, 0.5) is 0 Å². The second-order valence-corrected chi connectivity index (χ2v) is 6.66. The van der Waals surface area contributed by atoms with Gasteiger partial charge in [-0.2, -0.15) is 0 Å². The molecule has 0 bridgehead atoms. The summed E-state index contributed by atoms with van der Waals surface area (Å²) < 4.78 is 7.00. The van der Waals surface area contributed by atoms with E-state index < -0.39 is 11.2 Å². The largest absolute Gasteiger partial charge is 0.376 e. The molecule has 0 saturated carbocycles. The fourth-order valence-corrected chi connectivity index (χ4v) is 3.35. The van der Waals surface area contributed by atoms with Gasteiger partial charge in [-0.25, -0.2) is 9.78 Å². The van der Waals surface area contributed by atoms with Crippen molar-refractivity contribution in [2.45, 2.75) is 39.2 Å². The summed E-state index contributed by atoms with van der Waals surface area (Å²) in [6, 6.07) is 1.61. The highest BCUT2D eigenvalue weighted by atomic mass is 16.5. The molecule has 3 rings (SSSR count). The first kappa shape index (κ1) is 18.3. The number of carbonyl (C=O) groups excluding carboxylic acids is 1. The number of aromatic amines is 1. The molecular formula is C18H24N4O4. The summed E-state index contributed by atoms with van der Waals surface area (Å²) in [5.74, 6) is -0.249. The summed E-state index contributed by atoms with van der Waals surface area (Å²) in [6.45, 7) is 5.35. The second kappa shape index (κ2) is 7.41. The molecule has 1 atom stereocenters. The molecule has 26 heavy (non-hydrogen) atoms. The number of carbonyl (C=O) groups is 1. The van der Waals surface area contributed by atoms with Crippen LogP contribution in [-0.2, 0) is 11.8 Å². The van der Waals surface area contributed by atoms with Crippen LogP contribution in [0.5, 0.6) is 0 Å². The highest BCUT2D eigenvalue weighted by Crippen LogP contribution is 2.18. The molecule has 0 aliphatic carbocycles. The first-order valence-electron chi connectivity index (χ1n) is 8.94. The Morgan fingerprint density at radius 1 is 1.42 bits per heavy atom. The zero-order chi connectivity index (χ0) is 18.8. The quantitative estimate of drug-likeness (QED) is 0.876. The van der Waals surface area contributed by atoms with Crippen molar-refractivity contribution in [2.75, 3.05) is 19.7 Å². The maximum Gasteiger partial charge on any atom is 0.329 e. The lowest BCUT2D eigenvalue weighted by Crippen LogP contribution is -2.40. The van der Waals surface area contributed by atoms with E-state index in [-0.39, 0.29) is 28.6 Å². The molecule has 1 amide bonds. The van der Waals surface area contributed by atoms with Crippen molar-refractivity contribution >= 4 is 16.9 Å². The molecule has 0 spiro atoms. The highest BCUT2D eigenvalue weighted by Gasteiger charge is 2.25. The number of aryl methyl sites for hydroxylation is 2. The molecule has 0 unspecified atom stereocenters. The first-order valence-corrected chi connectivity index (χ1v) is 8.94. The Bertz CT molecular complexity index is 941. The van der Waals surface area contributed by atoms with E-state index in [1.807, 2.05) is 6.92 Å². The molecule has 1 aliphatic rings. The normalized spacial score (nSPS) is 17.4. The van der Waals surface area contributed by atoms with Gasteiger partial charge in [0.25, 0.3) is 11.5 Å². The molecule has 8 heteroatoms. The van der Waals surface area contributed by atoms with E-state index in [2.05, 4.69) is 9.97 Å². The fraction of sp³-hybridized carbons (Fsp3) is 0.556. The van der Waals surface area contributed by atoms with Crippen LogP contribution in [0.25, 0.3) is 11.0 Å². The average molecular weight is 360 g/mol. The Morgan fingerprint density at radius 2 is 2.19 bits per heavy atom. The minimum atomic E-state index is -0.594. The predicted molar refractivity (Wildman–Crippen MR) is 97.5 cm³/mol. The molecule has 3 heterocycles. The van der Waals surface area contributed by atoms with E-state index in [1.165, 1.54) is 11.6 Å². The number of hydrogen-bond acceptors (Lipinski definition) is 5. The van der Waals surface area contributed by atoms with Gasteiger partial charge in [-0.05, 0) is 39.2 Å². The Hall–Kier alpha value is -2.48. The van der Waals surface area contributed by atoms with Crippen molar-refractivity contribution in [1.29, 1.82) is 0 Å². The number of nitrogens with one attached hydrogen (secondary N) is 1. The third-order valence-corrected chi connectivity index (χ3v) is 4.80. The number of aromatic nitrogens is 3. The fourth-order valence-electron chi connectivity index (χ4n) is 3.35. The van der Waals surface area contributed by atoms with Gasteiger partial charge in [0.1, 0.15) is 5.65 Å². The van der Waals surface area contributed by atoms with Crippen molar-refractivity contribution < 1.29 is 9.53 Å². The number of pyridine rings is 1. The number of amides is 1. The standard InChI is InChI=1S/C18H24N4O4/c1-4-22(10-12-7-5-6-8-26-12)17(24)13-9-11(2)19-15-14(13)16(23)20-18(25)21(15)3/h9,12H,4-8,10H2,1-3H3,(H,20,23,25)/t12-/m1/s1. The number of H-pyrrole nitrogens is 1. The average Bonchev–Trinajstić information content (AvgIpc) is 2.63. The van der Waals surface area contributed by atoms with Crippen molar-refractivity contribution in [3.05, 3.63) is 38.2 Å². The number of nitrogens with zero attached hydrogens (tertiary/aromatic N) is 3. The highest BCUT2D eigenvalue weighted by molar-refractivity contribution is 6.05. The van der Waals surface area contributed by atoms with Crippen molar-refractivity contribution in [3.63, 3.8) is 0 Å². The van der Waals surface area contributed by atoms with E-state index in [9.17, 15) is 14.4 Å². The molecule has 1 saturated heterocycles. The van der Waals surface area contributed by atoms with Gasteiger partial charge in [0.2, 0.25) is 0 Å². The predicted octanol–water partition coefficient (Wildman–Crippen LogP) is 0.961. The number of ether oxygens (including phenoxy) is 1. The smallest absolute Gasteiger partial charge is 0.329 e. The van der Waals surface area contributed by atoms with Crippen LogP contribution in [0.1, 0.15) is 42.2 Å². The molecule has 1 aliphatic heterocycles. The first-order chi connectivity index (χ1) is 12.4. The summed E-state index contributed by atoms with van der Waals surface area (Å²) in [6.07, 6.45) is 3.09. The van der Waals surface area contributed by atoms with Crippen LogP contribution in [0.3, 0.4) is 0 Å². The molecule has 8 nitrogen and oxygen atoms in total. The molecule has 0 radical (unpaired) electrons. The number of fused-ring (bicyclic) bond motifs is 1. The molecule has 1 fully saturated rings. The Balaban J connectivity index is 2.05. The lowest BCUT2D eigenvalue weighted by Gasteiger charge is -2.29. The molecule has 1 N–H and O–H groups in total.